The van der Waals surface area contributed by atoms with Crippen molar-refractivity contribution in [3.63, 3.8) is 0 Å². The summed E-state index contributed by atoms with van der Waals surface area (Å²) in [6, 6.07) is 1.75. The highest BCUT2D eigenvalue weighted by atomic mass is 32.1. The van der Waals surface area contributed by atoms with Gasteiger partial charge >= 0.3 is 6.03 Å². The van der Waals surface area contributed by atoms with Crippen LogP contribution in [0.3, 0.4) is 0 Å². The third-order valence-corrected chi connectivity index (χ3v) is 4.73. The molecule has 0 spiro atoms. The minimum absolute atomic E-state index is 0.0169. The molecule has 1 fully saturated rings. The second-order valence-electron chi connectivity index (χ2n) is 5.67. The van der Waals surface area contributed by atoms with Gasteiger partial charge in [0.1, 0.15) is 10.7 Å². The molecule has 1 aromatic carbocycles. The Morgan fingerprint density at radius 2 is 1.96 bits per heavy atom. The topological polar surface area (TPSA) is 57.3 Å². The third kappa shape index (κ3) is 3.81. The van der Waals surface area contributed by atoms with Gasteiger partial charge in [0, 0.05) is 29.9 Å². The lowest BCUT2D eigenvalue weighted by Gasteiger charge is -2.19. The van der Waals surface area contributed by atoms with E-state index in [0.29, 0.717) is 13.1 Å². The predicted octanol–water partition coefficient (Wildman–Crippen LogP) is 3.65. The van der Waals surface area contributed by atoms with E-state index in [1.54, 1.807) is 4.90 Å². The number of carbonyl (C=O) groups is 1. The molecule has 128 valence electrons. The van der Waals surface area contributed by atoms with Gasteiger partial charge in [-0.2, -0.15) is 0 Å². The van der Waals surface area contributed by atoms with Crippen LogP contribution in [-0.4, -0.2) is 24.1 Å². The van der Waals surface area contributed by atoms with Crippen LogP contribution < -0.4 is 15.5 Å². The molecule has 0 bridgehead atoms. The van der Waals surface area contributed by atoms with Gasteiger partial charge in [0.05, 0.1) is 6.54 Å². The molecule has 8 heteroatoms. The zero-order valence-corrected chi connectivity index (χ0v) is 14.1. The second-order valence-corrected chi connectivity index (χ2v) is 6.62. The number of rotatable bonds is 4. The van der Waals surface area contributed by atoms with E-state index in [9.17, 15) is 13.6 Å². The molecule has 0 unspecified atom stereocenters. The summed E-state index contributed by atoms with van der Waals surface area (Å²) in [6.07, 6.45) is 1.86. The first-order valence-electron chi connectivity index (χ1n) is 7.73. The molecule has 0 atom stereocenters. The fraction of sp³-hybridized carbons (Fsp3) is 0.375. The smallest absolute Gasteiger partial charge is 0.319 e. The second kappa shape index (κ2) is 7.12. The Kier molecular flexibility index (Phi) is 4.94. The van der Waals surface area contributed by atoms with E-state index >= 15 is 0 Å². The number of carbonyl (C=O) groups excluding carboxylic acids is 1. The highest BCUT2D eigenvalue weighted by Crippen LogP contribution is 2.29. The maximum atomic E-state index is 14.2. The molecule has 1 aromatic heterocycles. The van der Waals surface area contributed by atoms with Gasteiger partial charge in [0.2, 0.25) is 0 Å². The summed E-state index contributed by atoms with van der Waals surface area (Å²) in [6.45, 7) is 3.43. The van der Waals surface area contributed by atoms with Crippen molar-refractivity contribution >= 4 is 28.7 Å². The van der Waals surface area contributed by atoms with Gasteiger partial charge in [-0.1, -0.05) is 0 Å². The lowest BCUT2D eigenvalue weighted by Crippen LogP contribution is -2.28. The lowest BCUT2D eigenvalue weighted by molar-refractivity contribution is 0.251. The molecule has 2 heterocycles. The first kappa shape index (κ1) is 16.6. The van der Waals surface area contributed by atoms with Gasteiger partial charge in [-0.3, -0.25) is 0 Å². The van der Waals surface area contributed by atoms with Crippen LogP contribution >= 0.6 is 11.3 Å². The van der Waals surface area contributed by atoms with Gasteiger partial charge in [0.15, 0.2) is 11.6 Å². The van der Waals surface area contributed by atoms with Crippen molar-refractivity contribution in [2.45, 2.75) is 26.3 Å². The number of nitrogens with one attached hydrogen (secondary N) is 2. The van der Waals surface area contributed by atoms with Crippen LogP contribution in [0, 0.1) is 18.6 Å². The quantitative estimate of drug-likeness (QED) is 0.883. The number of hydrogen-bond acceptors (Lipinski definition) is 4. The standard InChI is InChI=1S/C16H18F2N4OS/c1-10-9-24-14(20-10)8-19-16(23)21-11-6-12(17)15(13(18)7-11)22-4-2-3-5-22/h6-7,9H,2-5,8H2,1H3,(H2,19,21,23). The predicted molar refractivity (Wildman–Crippen MR) is 90.5 cm³/mol. The number of amides is 2. The molecule has 24 heavy (non-hydrogen) atoms. The highest BCUT2D eigenvalue weighted by Gasteiger charge is 2.21. The number of hydrogen-bond donors (Lipinski definition) is 2. The van der Waals surface area contributed by atoms with Crippen molar-refractivity contribution in [3.05, 3.63) is 39.8 Å². The fourth-order valence-electron chi connectivity index (χ4n) is 2.70. The van der Waals surface area contributed by atoms with Gasteiger partial charge < -0.3 is 15.5 Å². The Bertz CT molecular complexity index is 720. The minimum atomic E-state index is -0.664. The van der Waals surface area contributed by atoms with Crippen LogP contribution in [0.1, 0.15) is 23.5 Å². The minimum Gasteiger partial charge on any atom is -0.367 e. The summed E-state index contributed by atoms with van der Waals surface area (Å²) in [7, 11) is 0. The Morgan fingerprint density at radius 3 is 2.54 bits per heavy atom. The first-order chi connectivity index (χ1) is 11.5. The van der Waals surface area contributed by atoms with Gasteiger partial charge in [-0.05, 0) is 31.9 Å². The summed E-state index contributed by atoms with van der Waals surface area (Å²) in [5.41, 5.74) is 0.955. The van der Waals surface area contributed by atoms with Crippen molar-refractivity contribution in [2.75, 3.05) is 23.3 Å². The van der Waals surface area contributed by atoms with Crippen molar-refractivity contribution < 1.29 is 13.6 Å². The molecule has 2 aromatic rings. The summed E-state index contributed by atoms with van der Waals surface area (Å²) in [4.78, 5) is 17.8. The Labute approximate surface area is 142 Å². The maximum absolute atomic E-state index is 14.2. The molecule has 3 rings (SSSR count). The number of anilines is 2. The molecule has 2 amide bonds. The molecule has 1 aliphatic heterocycles. The summed E-state index contributed by atoms with van der Waals surface area (Å²) < 4.78 is 28.4. The van der Waals surface area contributed by atoms with E-state index in [0.717, 1.165) is 35.7 Å². The van der Waals surface area contributed by atoms with E-state index in [-0.39, 0.29) is 17.9 Å². The zero-order chi connectivity index (χ0) is 17.1. The van der Waals surface area contributed by atoms with E-state index in [1.165, 1.54) is 11.3 Å². The summed E-state index contributed by atoms with van der Waals surface area (Å²) in [5, 5.41) is 7.71. The van der Waals surface area contributed by atoms with Crippen molar-refractivity contribution in [1.29, 1.82) is 0 Å². The number of aryl methyl sites for hydroxylation is 1. The van der Waals surface area contributed by atoms with Crippen molar-refractivity contribution in [1.82, 2.24) is 10.3 Å². The SMILES string of the molecule is Cc1csc(CNC(=O)Nc2cc(F)c(N3CCCC3)c(F)c2)n1. The maximum Gasteiger partial charge on any atom is 0.319 e. The molecular formula is C16H18F2N4OS. The Hall–Kier alpha value is -2.22. The Morgan fingerprint density at radius 1 is 1.29 bits per heavy atom. The van der Waals surface area contributed by atoms with E-state index in [1.807, 2.05) is 12.3 Å². The largest absolute Gasteiger partial charge is 0.367 e. The van der Waals surface area contributed by atoms with Crippen LogP contribution in [0.4, 0.5) is 25.0 Å². The monoisotopic (exact) mass is 352 g/mol. The number of urea groups is 1. The number of aromatic nitrogens is 1. The normalized spacial score (nSPS) is 14.0. The van der Waals surface area contributed by atoms with E-state index < -0.39 is 17.7 Å². The molecule has 1 saturated heterocycles. The zero-order valence-electron chi connectivity index (χ0n) is 13.2. The number of nitrogens with zero attached hydrogens (tertiary/aromatic N) is 2. The number of benzene rings is 1. The Balaban J connectivity index is 1.63. The van der Waals surface area contributed by atoms with Gasteiger partial charge in [-0.25, -0.2) is 18.6 Å². The van der Waals surface area contributed by atoms with Crippen LogP contribution in [0.25, 0.3) is 0 Å². The van der Waals surface area contributed by atoms with Gasteiger partial charge in [0.25, 0.3) is 0 Å². The first-order valence-corrected chi connectivity index (χ1v) is 8.61. The van der Waals surface area contributed by atoms with E-state index in [4.69, 9.17) is 0 Å². The van der Waals surface area contributed by atoms with Crippen molar-refractivity contribution in [2.24, 2.45) is 0 Å². The van der Waals surface area contributed by atoms with Crippen LogP contribution in [0.2, 0.25) is 0 Å². The third-order valence-electron chi connectivity index (χ3n) is 3.76. The van der Waals surface area contributed by atoms with Gasteiger partial charge in [-0.15, -0.1) is 11.3 Å². The molecular weight excluding hydrogens is 334 g/mol. The number of halogens is 2. The molecule has 0 saturated carbocycles. The summed E-state index contributed by atoms with van der Waals surface area (Å²) >= 11 is 1.44. The molecule has 0 radical (unpaired) electrons. The summed E-state index contributed by atoms with van der Waals surface area (Å²) in [5.74, 6) is -1.33. The van der Waals surface area contributed by atoms with Crippen molar-refractivity contribution in [3.8, 4) is 0 Å². The number of thiazole rings is 1. The average molecular weight is 352 g/mol. The molecule has 0 aliphatic carbocycles. The average Bonchev–Trinajstić information content (AvgIpc) is 3.16. The molecule has 1 aliphatic rings. The lowest BCUT2D eigenvalue weighted by atomic mass is 10.2. The highest BCUT2D eigenvalue weighted by molar-refractivity contribution is 7.09. The van der Waals surface area contributed by atoms with Crippen LogP contribution in [0.15, 0.2) is 17.5 Å². The molecule has 5 nitrogen and oxygen atoms in total. The van der Waals surface area contributed by atoms with Crippen LogP contribution in [-0.2, 0) is 6.54 Å². The van der Waals surface area contributed by atoms with E-state index in [2.05, 4.69) is 15.6 Å². The van der Waals surface area contributed by atoms with Crippen LogP contribution in [0.5, 0.6) is 0 Å². The molecule has 2 N–H and O–H groups in total. The fourth-order valence-corrected chi connectivity index (χ4v) is 3.41.